The van der Waals surface area contributed by atoms with Crippen LogP contribution in [0.2, 0.25) is 0 Å². The van der Waals surface area contributed by atoms with Crippen LogP contribution in [0.4, 0.5) is 14.7 Å². The number of hydrogen-bond acceptors (Lipinski definition) is 7. The minimum Gasteiger partial charge on any atom is -0.380 e. The van der Waals surface area contributed by atoms with Gasteiger partial charge in [-0.2, -0.15) is 4.98 Å². The van der Waals surface area contributed by atoms with Gasteiger partial charge in [0.25, 0.3) is 6.43 Å². The maximum Gasteiger partial charge on any atom is 0.256 e. The van der Waals surface area contributed by atoms with Crippen LogP contribution in [0, 0.1) is 12.3 Å². The molecule has 4 aromatic rings. The van der Waals surface area contributed by atoms with E-state index in [0.29, 0.717) is 45.9 Å². The Morgan fingerprint density at radius 3 is 2.73 bits per heavy atom. The number of nitrogens with one attached hydrogen (secondary N) is 2. The molecule has 11 heteroatoms. The highest BCUT2D eigenvalue weighted by molar-refractivity contribution is 5.93. The second-order valence-corrected chi connectivity index (χ2v) is 9.13. The van der Waals surface area contributed by atoms with E-state index in [0.717, 1.165) is 37.0 Å². The molecule has 0 atom stereocenters. The third-order valence-corrected chi connectivity index (χ3v) is 6.87. The molecule has 0 amide bonds. The molecule has 4 aromatic heterocycles. The molecule has 1 aliphatic heterocycles. The van der Waals surface area contributed by atoms with Crippen LogP contribution in [0.3, 0.4) is 0 Å². The summed E-state index contributed by atoms with van der Waals surface area (Å²) in [5.41, 5.74) is 3.09. The summed E-state index contributed by atoms with van der Waals surface area (Å²) in [6.07, 6.45) is 7.15. The van der Waals surface area contributed by atoms with E-state index in [4.69, 9.17) is 4.74 Å². The zero-order valence-electron chi connectivity index (χ0n) is 18.2. The first-order valence-corrected chi connectivity index (χ1v) is 11.2. The molecule has 1 saturated carbocycles. The Morgan fingerprint density at radius 2 is 2.00 bits per heavy atom. The van der Waals surface area contributed by atoms with Gasteiger partial charge in [0.05, 0.1) is 31.6 Å². The molecular weight excluding hydrogens is 430 g/mol. The standard InChI is InChI=1S/C22H24F2N8O/c1-12-28-19-20(32(12)9-17(23)24)30-16(8-26-19)14-6-25-18-15(14)7-27-21(31-18)29-13-2-4-22(5-3-13)10-33-11-22/h6-8,13,17H,2-5,9-11H2,1H3,(H2,25,27,29,31). The Balaban J connectivity index is 1.26. The largest absolute Gasteiger partial charge is 0.380 e. The number of rotatable bonds is 5. The van der Waals surface area contributed by atoms with E-state index in [9.17, 15) is 8.78 Å². The lowest BCUT2D eigenvalue weighted by Crippen LogP contribution is -2.47. The fourth-order valence-electron chi connectivity index (χ4n) is 4.91. The molecule has 2 fully saturated rings. The fraction of sp³-hybridized carbons (Fsp3) is 0.500. The van der Waals surface area contributed by atoms with Crippen molar-refractivity contribution in [1.29, 1.82) is 0 Å². The fourth-order valence-corrected chi connectivity index (χ4v) is 4.91. The van der Waals surface area contributed by atoms with Gasteiger partial charge in [-0.15, -0.1) is 0 Å². The van der Waals surface area contributed by atoms with Crippen LogP contribution >= 0.6 is 0 Å². The Morgan fingerprint density at radius 1 is 1.18 bits per heavy atom. The molecule has 6 rings (SSSR count). The highest BCUT2D eigenvalue weighted by Crippen LogP contribution is 2.42. The zero-order chi connectivity index (χ0) is 22.6. The predicted octanol–water partition coefficient (Wildman–Crippen LogP) is 3.71. The van der Waals surface area contributed by atoms with E-state index >= 15 is 0 Å². The molecule has 0 unspecified atom stereocenters. The van der Waals surface area contributed by atoms with Crippen molar-refractivity contribution in [2.45, 2.75) is 51.6 Å². The number of hydrogen-bond donors (Lipinski definition) is 2. The van der Waals surface area contributed by atoms with Gasteiger partial charge in [0.2, 0.25) is 5.95 Å². The van der Waals surface area contributed by atoms with Crippen molar-refractivity contribution in [2.24, 2.45) is 5.41 Å². The van der Waals surface area contributed by atoms with Gasteiger partial charge in [-0.3, -0.25) is 0 Å². The lowest BCUT2D eigenvalue weighted by atomic mass is 9.71. The van der Waals surface area contributed by atoms with Crippen molar-refractivity contribution in [1.82, 2.24) is 34.5 Å². The second kappa shape index (κ2) is 7.68. The molecule has 33 heavy (non-hydrogen) atoms. The molecule has 0 bridgehead atoms. The summed E-state index contributed by atoms with van der Waals surface area (Å²) < 4.78 is 32.9. The Hall–Kier alpha value is -3.21. The summed E-state index contributed by atoms with van der Waals surface area (Å²) in [6, 6.07) is 0.356. The van der Waals surface area contributed by atoms with Crippen LogP contribution in [-0.2, 0) is 11.3 Å². The highest BCUT2D eigenvalue weighted by atomic mass is 19.3. The molecule has 172 valence electrons. The van der Waals surface area contributed by atoms with E-state index in [2.05, 4.69) is 35.2 Å². The Labute approximate surface area is 188 Å². The predicted molar refractivity (Wildman–Crippen MR) is 118 cm³/mol. The van der Waals surface area contributed by atoms with Crippen LogP contribution in [0.25, 0.3) is 33.6 Å². The number of ether oxygens (including phenoxy) is 1. The topological polar surface area (TPSA) is 106 Å². The van der Waals surface area contributed by atoms with Crippen molar-refractivity contribution in [2.75, 3.05) is 18.5 Å². The van der Waals surface area contributed by atoms with Crippen LogP contribution in [0.1, 0.15) is 31.5 Å². The third-order valence-electron chi connectivity index (χ3n) is 6.87. The molecule has 1 aliphatic carbocycles. The number of aromatic amines is 1. The second-order valence-electron chi connectivity index (χ2n) is 9.13. The van der Waals surface area contributed by atoms with Gasteiger partial charge in [-0.1, -0.05) is 0 Å². The van der Waals surface area contributed by atoms with Crippen molar-refractivity contribution < 1.29 is 13.5 Å². The summed E-state index contributed by atoms with van der Waals surface area (Å²) in [4.78, 5) is 25.5. The molecule has 0 radical (unpaired) electrons. The van der Waals surface area contributed by atoms with Gasteiger partial charge < -0.3 is 19.6 Å². The maximum absolute atomic E-state index is 13.0. The van der Waals surface area contributed by atoms with E-state index in [1.807, 2.05) is 0 Å². The number of imidazole rings is 1. The van der Waals surface area contributed by atoms with Crippen LogP contribution in [0.15, 0.2) is 18.6 Å². The number of anilines is 1. The number of aromatic nitrogens is 7. The number of aryl methyl sites for hydroxylation is 1. The van der Waals surface area contributed by atoms with Gasteiger partial charge in [0.1, 0.15) is 11.5 Å². The lowest BCUT2D eigenvalue weighted by Gasteiger charge is -2.46. The first-order valence-electron chi connectivity index (χ1n) is 11.2. The van der Waals surface area contributed by atoms with Gasteiger partial charge in [0.15, 0.2) is 11.3 Å². The zero-order valence-corrected chi connectivity index (χ0v) is 18.2. The highest BCUT2D eigenvalue weighted by Gasteiger charge is 2.41. The molecule has 5 heterocycles. The average molecular weight is 454 g/mol. The van der Waals surface area contributed by atoms with E-state index in [-0.39, 0.29) is 0 Å². The van der Waals surface area contributed by atoms with Crippen molar-refractivity contribution in [3.05, 3.63) is 24.4 Å². The van der Waals surface area contributed by atoms with Crippen molar-refractivity contribution >= 4 is 28.3 Å². The number of halogens is 2. The summed E-state index contributed by atoms with van der Waals surface area (Å²) >= 11 is 0. The lowest BCUT2D eigenvalue weighted by molar-refractivity contribution is -0.131. The third kappa shape index (κ3) is 3.60. The molecule has 9 nitrogen and oxygen atoms in total. The van der Waals surface area contributed by atoms with Crippen molar-refractivity contribution in [3.8, 4) is 11.3 Å². The van der Waals surface area contributed by atoms with E-state index in [1.54, 1.807) is 25.5 Å². The minimum atomic E-state index is -2.50. The van der Waals surface area contributed by atoms with E-state index < -0.39 is 13.0 Å². The molecule has 1 spiro atoms. The quantitative estimate of drug-likeness (QED) is 0.473. The summed E-state index contributed by atoms with van der Waals surface area (Å²) in [5.74, 6) is 1.05. The SMILES string of the molecule is Cc1nc2ncc(-c3c[nH]c4nc(NC5CCC6(CC5)COC6)ncc34)nc2n1CC(F)F. The molecule has 0 aromatic carbocycles. The monoisotopic (exact) mass is 454 g/mol. The Bertz CT molecular complexity index is 1320. The number of alkyl halides is 2. The van der Waals surface area contributed by atoms with Gasteiger partial charge >= 0.3 is 0 Å². The van der Waals surface area contributed by atoms with Crippen molar-refractivity contribution in [3.63, 3.8) is 0 Å². The molecular formula is C22H24F2N8O. The van der Waals surface area contributed by atoms with Crippen LogP contribution in [0.5, 0.6) is 0 Å². The van der Waals surface area contributed by atoms with Crippen LogP contribution in [-0.4, -0.2) is 60.2 Å². The summed E-state index contributed by atoms with van der Waals surface area (Å²) in [6.45, 7) is 2.99. The molecule has 2 aliphatic rings. The number of fused-ring (bicyclic) bond motifs is 2. The number of nitrogens with zero attached hydrogens (tertiary/aromatic N) is 6. The van der Waals surface area contributed by atoms with E-state index in [1.165, 1.54) is 17.4 Å². The number of H-pyrrole nitrogens is 1. The van der Waals surface area contributed by atoms with Gasteiger partial charge in [-0.25, -0.2) is 28.7 Å². The first kappa shape index (κ1) is 20.4. The smallest absolute Gasteiger partial charge is 0.256 e. The first-order chi connectivity index (χ1) is 16.0. The maximum atomic E-state index is 13.0. The summed E-state index contributed by atoms with van der Waals surface area (Å²) in [5, 5.41) is 4.26. The van der Waals surface area contributed by atoms with Gasteiger partial charge in [-0.05, 0) is 32.6 Å². The Kier molecular flexibility index (Phi) is 4.75. The average Bonchev–Trinajstić information content (AvgIpc) is 3.33. The van der Waals surface area contributed by atoms with Crippen LogP contribution < -0.4 is 5.32 Å². The minimum absolute atomic E-state index is 0.339. The normalized spacial score (nSPS) is 18.4. The summed E-state index contributed by atoms with van der Waals surface area (Å²) in [7, 11) is 0. The molecule has 1 saturated heterocycles. The van der Waals surface area contributed by atoms with Gasteiger partial charge in [0, 0.05) is 34.8 Å². The molecule has 2 N–H and O–H groups in total.